The summed E-state index contributed by atoms with van der Waals surface area (Å²) in [7, 11) is 2.00. The number of rotatable bonds is 9. The minimum atomic E-state index is -0.410. The Labute approximate surface area is 109 Å². The van der Waals surface area contributed by atoms with Crippen LogP contribution in [0.5, 0.6) is 0 Å². The fraction of sp³-hybridized carbons (Fsp3) is 0.571. The van der Waals surface area contributed by atoms with Gasteiger partial charge in [0.2, 0.25) is 0 Å². The summed E-state index contributed by atoms with van der Waals surface area (Å²) in [4.78, 5) is 2.11. The molecule has 18 heavy (non-hydrogen) atoms. The number of likely N-dealkylation sites (N-methyl/N-ethyl adjacent to an activating group) is 1. The standard InChI is InChI=1S/C14H23NO3/c1-15(9-11-18-12-10-16)8-7-14(17)13-5-3-2-4-6-13/h2-6,14,16-17H,7-12H2,1H3. The molecule has 0 aliphatic rings. The minimum absolute atomic E-state index is 0.0659. The smallest absolute Gasteiger partial charge is 0.0802 e. The molecule has 1 aromatic rings. The molecule has 0 bridgehead atoms. The molecule has 1 unspecified atom stereocenters. The van der Waals surface area contributed by atoms with E-state index in [1.807, 2.05) is 37.4 Å². The molecule has 0 aliphatic heterocycles. The van der Waals surface area contributed by atoms with Crippen LogP contribution in [0.1, 0.15) is 18.1 Å². The van der Waals surface area contributed by atoms with Crippen molar-refractivity contribution < 1.29 is 14.9 Å². The molecule has 0 amide bonds. The zero-order chi connectivity index (χ0) is 13.2. The maximum atomic E-state index is 9.99. The topological polar surface area (TPSA) is 52.9 Å². The van der Waals surface area contributed by atoms with Crippen molar-refractivity contribution in [3.05, 3.63) is 35.9 Å². The van der Waals surface area contributed by atoms with Crippen LogP contribution in [0.4, 0.5) is 0 Å². The first kappa shape index (κ1) is 15.1. The Morgan fingerprint density at radius 1 is 1.17 bits per heavy atom. The maximum Gasteiger partial charge on any atom is 0.0802 e. The summed E-state index contributed by atoms with van der Waals surface area (Å²) in [5, 5.41) is 18.6. The monoisotopic (exact) mass is 253 g/mol. The Morgan fingerprint density at radius 3 is 2.56 bits per heavy atom. The van der Waals surface area contributed by atoms with Gasteiger partial charge in [0.25, 0.3) is 0 Å². The van der Waals surface area contributed by atoms with E-state index in [2.05, 4.69) is 4.90 Å². The maximum absolute atomic E-state index is 9.99. The van der Waals surface area contributed by atoms with Gasteiger partial charge in [0.15, 0.2) is 0 Å². The second-order valence-electron chi connectivity index (χ2n) is 4.35. The third-order valence-electron chi connectivity index (χ3n) is 2.82. The highest BCUT2D eigenvalue weighted by molar-refractivity contribution is 5.17. The molecule has 2 N–H and O–H groups in total. The summed E-state index contributed by atoms with van der Waals surface area (Å²) in [6, 6.07) is 9.70. The highest BCUT2D eigenvalue weighted by atomic mass is 16.5. The lowest BCUT2D eigenvalue weighted by Crippen LogP contribution is -2.25. The van der Waals surface area contributed by atoms with Gasteiger partial charge in [-0.15, -0.1) is 0 Å². The van der Waals surface area contributed by atoms with Crippen molar-refractivity contribution in [3.8, 4) is 0 Å². The largest absolute Gasteiger partial charge is 0.394 e. The average molecular weight is 253 g/mol. The molecule has 0 aromatic heterocycles. The van der Waals surface area contributed by atoms with E-state index in [-0.39, 0.29) is 6.61 Å². The lowest BCUT2D eigenvalue weighted by molar-refractivity contribution is 0.0742. The second kappa shape index (κ2) is 9.05. The van der Waals surface area contributed by atoms with Crippen LogP contribution in [0.3, 0.4) is 0 Å². The molecule has 4 nitrogen and oxygen atoms in total. The number of hydrogen-bond donors (Lipinski definition) is 2. The van der Waals surface area contributed by atoms with Crippen molar-refractivity contribution in [1.29, 1.82) is 0 Å². The van der Waals surface area contributed by atoms with Crippen molar-refractivity contribution in [1.82, 2.24) is 4.90 Å². The Morgan fingerprint density at radius 2 is 1.89 bits per heavy atom. The van der Waals surface area contributed by atoms with Crippen LogP contribution >= 0.6 is 0 Å². The third kappa shape index (κ3) is 6.12. The fourth-order valence-corrected chi connectivity index (χ4v) is 1.68. The van der Waals surface area contributed by atoms with Gasteiger partial charge in [0.1, 0.15) is 0 Å². The first-order chi connectivity index (χ1) is 8.74. The summed E-state index contributed by atoms with van der Waals surface area (Å²) in [6.45, 7) is 2.69. The number of benzene rings is 1. The first-order valence-corrected chi connectivity index (χ1v) is 6.34. The van der Waals surface area contributed by atoms with Gasteiger partial charge in [-0.25, -0.2) is 0 Å². The summed E-state index contributed by atoms with van der Waals surface area (Å²) in [5.41, 5.74) is 0.961. The van der Waals surface area contributed by atoms with Gasteiger partial charge in [-0.05, 0) is 19.0 Å². The van der Waals surface area contributed by atoms with Crippen molar-refractivity contribution in [2.24, 2.45) is 0 Å². The predicted octanol–water partition coefficient (Wildman–Crippen LogP) is 1.05. The molecule has 0 fully saturated rings. The fourth-order valence-electron chi connectivity index (χ4n) is 1.68. The number of nitrogens with zero attached hydrogens (tertiary/aromatic N) is 1. The Balaban J connectivity index is 2.16. The van der Waals surface area contributed by atoms with Gasteiger partial charge >= 0.3 is 0 Å². The molecule has 102 valence electrons. The first-order valence-electron chi connectivity index (χ1n) is 6.34. The molecule has 1 rings (SSSR count). The summed E-state index contributed by atoms with van der Waals surface area (Å²) in [6.07, 6.45) is 0.299. The summed E-state index contributed by atoms with van der Waals surface area (Å²) < 4.78 is 5.19. The summed E-state index contributed by atoms with van der Waals surface area (Å²) in [5.74, 6) is 0. The highest BCUT2D eigenvalue weighted by Gasteiger charge is 2.08. The summed E-state index contributed by atoms with van der Waals surface area (Å²) >= 11 is 0. The Hall–Kier alpha value is -0.940. The van der Waals surface area contributed by atoms with Gasteiger partial charge in [-0.1, -0.05) is 30.3 Å². The van der Waals surface area contributed by atoms with E-state index in [4.69, 9.17) is 9.84 Å². The van der Waals surface area contributed by atoms with Crippen LogP contribution in [-0.2, 0) is 4.74 Å². The van der Waals surface area contributed by atoms with Crippen LogP contribution in [0.15, 0.2) is 30.3 Å². The Bertz CT molecular complexity index is 305. The number of aliphatic hydroxyl groups is 2. The van der Waals surface area contributed by atoms with E-state index in [1.54, 1.807) is 0 Å². The molecule has 0 saturated carbocycles. The molecular weight excluding hydrogens is 230 g/mol. The molecule has 1 aromatic carbocycles. The van der Waals surface area contributed by atoms with Gasteiger partial charge < -0.3 is 19.8 Å². The molecule has 4 heteroatoms. The quantitative estimate of drug-likeness (QED) is 0.646. The van der Waals surface area contributed by atoms with E-state index < -0.39 is 6.10 Å². The van der Waals surface area contributed by atoms with E-state index in [0.29, 0.717) is 19.6 Å². The number of hydrogen-bond acceptors (Lipinski definition) is 4. The average Bonchev–Trinajstić information content (AvgIpc) is 2.42. The normalized spacial score (nSPS) is 12.9. The zero-order valence-electron chi connectivity index (χ0n) is 11.0. The lowest BCUT2D eigenvalue weighted by atomic mass is 10.1. The van der Waals surface area contributed by atoms with Crippen LogP contribution < -0.4 is 0 Å². The molecule has 0 aliphatic carbocycles. The van der Waals surface area contributed by atoms with Crippen molar-refractivity contribution in [2.75, 3.05) is 40.0 Å². The van der Waals surface area contributed by atoms with Crippen LogP contribution in [0, 0.1) is 0 Å². The van der Waals surface area contributed by atoms with Gasteiger partial charge in [0, 0.05) is 13.1 Å². The minimum Gasteiger partial charge on any atom is -0.394 e. The molecule has 0 spiro atoms. The number of ether oxygens (including phenoxy) is 1. The molecule has 1 atom stereocenters. The SMILES string of the molecule is CN(CCOCCO)CCC(O)c1ccccc1. The van der Waals surface area contributed by atoms with Gasteiger partial charge in [-0.2, -0.15) is 0 Å². The predicted molar refractivity (Wildman–Crippen MR) is 71.4 cm³/mol. The molecular formula is C14H23NO3. The molecule has 0 heterocycles. The zero-order valence-corrected chi connectivity index (χ0v) is 11.0. The van der Waals surface area contributed by atoms with E-state index in [1.165, 1.54) is 0 Å². The molecule has 0 radical (unpaired) electrons. The van der Waals surface area contributed by atoms with Gasteiger partial charge in [0.05, 0.1) is 25.9 Å². The van der Waals surface area contributed by atoms with Gasteiger partial charge in [-0.3, -0.25) is 0 Å². The van der Waals surface area contributed by atoms with E-state index in [0.717, 1.165) is 18.7 Å². The second-order valence-corrected chi connectivity index (χ2v) is 4.35. The third-order valence-corrected chi connectivity index (χ3v) is 2.82. The van der Waals surface area contributed by atoms with Crippen LogP contribution in [0.25, 0.3) is 0 Å². The molecule has 0 saturated heterocycles. The van der Waals surface area contributed by atoms with E-state index in [9.17, 15) is 5.11 Å². The Kier molecular flexibility index (Phi) is 7.60. The van der Waals surface area contributed by atoms with Crippen molar-refractivity contribution in [3.63, 3.8) is 0 Å². The van der Waals surface area contributed by atoms with Crippen LogP contribution in [-0.4, -0.2) is 55.1 Å². The lowest BCUT2D eigenvalue weighted by Gasteiger charge is -2.18. The highest BCUT2D eigenvalue weighted by Crippen LogP contribution is 2.15. The van der Waals surface area contributed by atoms with Crippen molar-refractivity contribution in [2.45, 2.75) is 12.5 Å². The number of aliphatic hydroxyl groups excluding tert-OH is 2. The van der Waals surface area contributed by atoms with Crippen LogP contribution in [0.2, 0.25) is 0 Å². The van der Waals surface area contributed by atoms with Crippen molar-refractivity contribution >= 4 is 0 Å². The van der Waals surface area contributed by atoms with E-state index >= 15 is 0 Å².